The third kappa shape index (κ3) is 2.96. The summed E-state index contributed by atoms with van der Waals surface area (Å²) < 4.78 is 0. The molecule has 4 bridgehead atoms. The SMILES string of the molecule is CC(C)N=C(NC(C)C)NC12CC3CC(CC(C3)C1)C2. The molecule has 0 aromatic heterocycles. The highest BCUT2D eigenvalue weighted by molar-refractivity contribution is 5.81. The van der Waals surface area contributed by atoms with Crippen LogP contribution in [-0.2, 0) is 0 Å². The molecule has 4 saturated carbocycles. The normalized spacial score (nSPS) is 39.7. The van der Waals surface area contributed by atoms with E-state index in [1.807, 2.05) is 0 Å². The molecule has 0 amide bonds. The first kappa shape index (κ1) is 14.2. The summed E-state index contributed by atoms with van der Waals surface area (Å²) in [6, 6.07) is 0.784. The van der Waals surface area contributed by atoms with Crippen LogP contribution in [0.4, 0.5) is 0 Å². The van der Waals surface area contributed by atoms with E-state index in [2.05, 4.69) is 38.3 Å². The first-order valence-corrected chi connectivity index (χ1v) is 8.56. The average molecular weight is 277 g/mol. The number of nitrogens with one attached hydrogen (secondary N) is 2. The van der Waals surface area contributed by atoms with Crippen LogP contribution < -0.4 is 10.6 Å². The third-order valence-corrected chi connectivity index (χ3v) is 5.23. The molecule has 0 heterocycles. The maximum absolute atomic E-state index is 4.79. The van der Waals surface area contributed by atoms with Crippen LogP contribution in [0.2, 0.25) is 0 Å². The van der Waals surface area contributed by atoms with Crippen molar-refractivity contribution in [3.8, 4) is 0 Å². The van der Waals surface area contributed by atoms with Gasteiger partial charge in [-0.2, -0.15) is 0 Å². The molecule has 3 nitrogen and oxygen atoms in total. The van der Waals surface area contributed by atoms with Crippen LogP contribution in [0.1, 0.15) is 66.2 Å². The lowest BCUT2D eigenvalue weighted by molar-refractivity contribution is -0.0106. The van der Waals surface area contributed by atoms with Crippen molar-refractivity contribution in [3.63, 3.8) is 0 Å². The van der Waals surface area contributed by atoms with Gasteiger partial charge in [0.15, 0.2) is 5.96 Å². The van der Waals surface area contributed by atoms with Gasteiger partial charge < -0.3 is 10.6 Å². The minimum Gasteiger partial charge on any atom is -0.354 e. The van der Waals surface area contributed by atoms with Crippen LogP contribution >= 0.6 is 0 Å². The molecule has 0 aromatic rings. The van der Waals surface area contributed by atoms with E-state index in [-0.39, 0.29) is 0 Å². The van der Waals surface area contributed by atoms with Crippen LogP contribution in [-0.4, -0.2) is 23.6 Å². The van der Waals surface area contributed by atoms with Gasteiger partial charge in [0, 0.05) is 17.6 Å². The smallest absolute Gasteiger partial charge is 0.192 e. The van der Waals surface area contributed by atoms with Gasteiger partial charge in [-0.05, 0) is 84.0 Å². The fourth-order valence-electron chi connectivity index (χ4n) is 5.15. The number of rotatable bonds is 3. The van der Waals surface area contributed by atoms with Crippen molar-refractivity contribution in [2.45, 2.75) is 83.8 Å². The maximum atomic E-state index is 4.79. The highest BCUT2D eigenvalue weighted by atomic mass is 15.2. The Morgan fingerprint density at radius 1 is 0.950 bits per heavy atom. The summed E-state index contributed by atoms with van der Waals surface area (Å²) >= 11 is 0. The van der Waals surface area contributed by atoms with Gasteiger partial charge in [-0.3, -0.25) is 4.99 Å². The van der Waals surface area contributed by atoms with Crippen LogP contribution in [0.15, 0.2) is 4.99 Å². The standard InChI is InChI=1S/C17H31N3/c1-11(2)18-16(19-12(3)4)20-17-8-13-5-14(9-17)7-15(6-13)10-17/h11-15H,5-10H2,1-4H3,(H2,18,19,20). The van der Waals surface area contributed by atoms with Gasteiger partial charge in [0.05, 0.1) is 0 Å². The van der Waals surface area contributed by atoms with Gasteiger partial charge in [-0.25, -0.2) is 0 Å². The lowest BCUT2D eigenvalue weighted by Crippen LogP contribution is -2.62. The number of hydrogen-bond donors (Lipinski definition) is 2. The molecule has 0 atom stereocenters. The molecule has 4 rings (SSSR count). The molecule has 0 aliphatic heterocycles. The molecule has 20 heavy (non-hydrogen) atoms. The Kier molecular flexibility index (Phi) is 3.72. The average Bonchev–Trinajstić information content (AvgIpc) is 2.23. The molecular weight excluding hydrogens is 246 g/mol. The van der Waals surface area contributed by atoms with Crippen molar-refractivity contribution in [2.75, 3.05) is 0 Å². The van der Waals surface area contributed by atoms with Crippen LogP contribution in [0.3, 0.4) is 0 Å². The second-order valence-electron chi connectivity index (χ2n) is 8.19. The zero-order valence-electron chi connectivity index (χ0n) is 13.6. The molecule has 0 aromatic carbocycles. The van der Waals surface area contributed by atoms with Crippen LogP contribution in [0.25, 0.3) is 0 Å². The Labute approximate surface area is 124 Å². The lowest BCUT2D eigenvalue weighted by atomic mass is 9.53. The van der Waals surface area contributed by atoms with E-state index in [0.717, 1.165) is 23.7 Å². The first-order chi connectivity index (χ1) is 9.44. The Morgan fingerprint density at radius 2 is 1.45 bits per heavy atom. The summed E-state index contributed by atoms with van der Waals surface area (Å²) in [6.45, 7) is 8.70. The Morgan fingerprint density at radius 3 is 1.85 bits per heavy atom. The van der Waals surface area contributed by atoms with Crippen molar-refractivity contribution in [2.24, 2.45) is 22.7 Å². The molecule has 0 radical (unpaired) electrons. The van der Waals surface area contributed by atoms with E-state index in [4.69, 9.17) is 4.99 Å². The van der Waals surface area contributed by atoms with Crippen molar-refractivity contribution < 1.29 is 0 Å². The van der Waals surface area contributed by atoms with Gasteiger partial charge in [0.1, 0.15) is 0 Å². The monoisotopic (exact) mass is 277 g/mol. The zero-order valence-corrected chi connectivity index (χ0v) is 13.6. The van der Waals surface area contributed by atoms with E-state index in [1.54, 1.807) is 0 Å². The van der Waals surface area contributed by atoms with E-state index >= 15 is 0 Å². The summed E-state index contributed by atoms with van der Waals surface area (Å²) in [6.07, 6.45) is 8.60. The predicted molar refractivity (Wildman–Crippen MR) is 84.9 cm³/mol. The van der Waals surface area contributed by atoms with Gasteiger partial charge >= 0.3 is 0 Å². The second kappa shape index (κ2) is 5.23. The lowest BCUT2D eigenvalue weighted by Gasteiger charge is -2.57. The molecule has 114 valence electrons. The number of aliphatic imine (C=N–C) groups is 1. The van der Waals surface area contributed by atoms with Crippen LogP contribution in [0.5, 0.6) is 0 Å². The van der Waals surface area contributed by atoms with Gasteiger partial charge in [-0.1, -0.05) is 0 Å². The quantitative estimate of drug-likeness (QED) is 0.613. The number of nitrogens with zero attached hydrogens (tertiary/aromatic N) is 1. The topological polar surface area (TPSA) is 36.4 Å². The summed E-state index contributed by atoms with van der Waals surface area (Å²) in [7, 11) is 0. The Bertz CT molecular complexity index is 348. The summed E-state index contributed by atoms with van der Waals surface area (Å²) in [4.78, 5) is 4.79. The Hall–Kier alpha value is -0.730. The second-order valence-corrected chi connectivity index (χ2v) is 8.19. The molecule has 0 unspecified atom stereocenters. The van der Waals surface area contributed by atoms with Crippen molar-refractivity contribution >= 4 is 5.96 Å². The largest absolute Gasteiger partial charge is 0.354 e. The van der Waals surface area contributed by atoms with Gasteiger partial charge in [0.2, 0.25) is 0 Å². The van der Waals surface area contributed by atoms with E-state index < -0.39 is 0 Å². The van der Waals surface area contributed by atoms with E-state index in [1.165, 1.54) is 38.5 Å². The number of hydrogen-bond acceptors (Lipinski definition) is 1. The van der Waals surface area contributed by atoms with Gasteiger partial charge in [-0.15, -0.1) is 0 Å². The Balaban J connectivity index is 1.74. The molecule has 4 fully saturated rings. The molecule has 0 spiro atoms. The molecule has 4 aliphatic rings. The molecule has 4 aliphatic carbocycles. The molecule has 0 saturated heterocycles. The fourth-order valence-corrected chi connectivity index (χ4v) is 5.15. The minimum atomic E-state index is 0.345. The summed E-state index contributed by atoms with van der Waals surface area (Å²) in [5.74, 6) is 3.98. The zero-order chi connectivity index (χ0) is 14.3. The van der Waals surface area contributed by atoms with Crippen molar-refractivity contribution in [3.05, 3.63) is 0 Å². The van der Waals surface area contributed by atoms with Crippen molar-refractivity contribution in [1.82, 2.24) is 10.6 Å². The number of guanidine groups is 1. The minimum absolute atomic E-state index is 0.345. The summed E-state index contributed by atoms with van der Waals surface area (Å²) in [5, 5.41) is 7.39. The third-order valence-electron chi connectivity index (χ3n) is 5.23. The first-order valence-electron chi connectivity index (χ1n) is 8.56. The molecule has 3 heteroatoms. The van der Waals surface area contributed by atoms with E-state index in [0.29, 0.717) is 17.6 Å². The fraction of sp³-hybridized carbons (Fsp3) is 0.941. The molecular formula is C17H31N3. The highest BCUT2D eigenvalue weighted by Crippen LogP contribution is 2.55. The van der Waals surface area contributed by atoms with E-state index in [9.17, 15) is 0 Å². The van der Waals surface area contributed by atoms with Gasteiger partial charge in [0.25, 0.3) is 0 Å². The predicted octanol–water partition coefficient (Wildman–Crippen LogP) is 3.31. The van der Waals surface area contributed by atoms with Crippen molar-refractivity contribution in [1.29, 1.82) is 0 Å². The molecule has 2 N–H and O–H groups in total. The maximum Gasteiger partial charge on any atom is 0.192 e. The van der Waals surface area contributed by atoms with Crippen LogP contribution in [0, 0.1) is 17.8 Å². The summed E-state index contributed by atoms with van der Waals surface area (Å²) in [5.41, 5.74) is 0.352. The highest BCUT2D eigenvalue weighted by Gasteiger charge is 2.51.